The fraction of sp³-hybridized carbons (Fsp3) is 0.500. The largest absolute Gasteiger partial charge is 0.461 e. The number of aliphatic imine (C=N–C) groups is 1. The van der Waals surface area contributed by atoms with Crippen molar-refractivity contribution in [2.45, 2.75) is 51.0 Å². The van der Waals surface area contributed by atoms with E-state index in [2.05, 4.69) is 18.1 Å². The summed E-state index contributed by atoms with van der Waals surface area (Å²) in [6, 6.07) is 7.96. The zero-order chi connectivity index (χ0) is 16.4. The molecule has 2 atom stereocenters. The topological polar surface area (TPSA) is 71.2 Å². The van der Waals surface area contributed by atoms with Crippen molar-refractivity contribution in [3.8, 4) is 0 Å². The molecule has 0 radical (unpaired) electrons. The van der Waals surface area contributed by atoms with Crippen LogP contribution in [0, 0.1) is 0 Å². The van der Waals surface area contributed by atoms with E-state index < -0.39 is 5.97 Å². The third-order valence-electron chi connectivity index (χ3n) is 4.93. The fourth-order valence-corrected chi connectivity index (χ4v) is 3.84. The Morgan fingerprint density at radius 2 is 2.22 bits per heavy atom. The number of benzene rings is 1. The first kappa shape index (κ1) is 15.7. The Morgan fingerprint density at radius 1 is 1.43 bits per heavy atom. The Morgan fingerprint density at radius 3 is 2.96 bits per heavy atom. The van der Waals surface area contributed by atoms with Gasteiger partial charge in [0, 0.05) is 11.5 Å². The van der Waals surface area contributed by atoms with E-state index >= 15 is 0 Å². The second-order valence-corrected chi connectivity index (χ2v) is 6.37. The van der Waals surface area contributed by atoms with E-state index in [1.807, 2.05) is 18.2 Å². The molecule has 2 aliphatic rings. The maximum absolute atomic E-state index is 12.2. The van der Waals surface area contributed by atoms with Gasteiger partial charge in [0.1, 0.15) is 5.71 Å². The molecule has 0 amide bonds. The molecule has 122 valence electrons. The Kier molecular flexibility index (Phi) is 4.20. The summed E-state index contributed by atoms with van der Waals surface area (Å²) >= 11 is 0. The van der Waals surface area contributed by atoms with E-state index in [0.29, 0.717) is 11.6 Å². The van der Waals surface area contributed by atoms with Gasteiger partial charge in [0.25, 0.3) is 0 Å². The molecule has 0 bridgehead atoms. The predicted molar refractivity (Wildman–Crippen MR) is 88.4 cm³/mol. The van der Waals surface area contributed by atoms with Crippen molar-refractivity contribution in [3.05, 3.63) is 35.4 Å². The molecular weight excluding hydrogens is 292 g/mol. The third kappa shape index (κ3) is 2.64. The highest BCUT2D eigenvalue weighted by Gasteiger charge is 2.43. The van der Waals surface area contributed by atoms with Crippen LogP contribution in [0.3, 0.4) is 0 Å². The fourth-order valence-electron chi connectivity index (χ4n) is 3.84. The summed E-state index contributed by atoms with van der Waals surface area (Å²) in [7, 11) is 0. The van der Waals surface area contributed by atoms with Gasteiger partial charge in [0.15, 0.2) is 0 Å². The van der Waals surface area contributed by atoms with Crippen LogP contribution in [0.4, 0.5) is 0 Å². The van der Waals surface area contributed by atoms with Gasteiger partial charge in [0.2, 0.25) is 5.71 Å². The van der Waals surface area contributed by atoms with Crippen LogP contribution in [0.25, 0.3) is 0 Å². The van der Waals surface area contributed by atoms with Crippen LogP contribution in [0.2, 0.25) is 0 Å². The number of oxime groups is 1. The van der Waals surface area contributed by atoms with Crippen molar-refractivity contribution in [2.24, 2.45) is 10.1 Å². The molecule has 1 fully saturated rings. The molecular formula is C18H22N2O3. The summed E-state index contributed by atoms with van der Waals surface area (Å²) in [5.74, 6) is -0.292. The summed E-state index contributed by atoms with van der Waals surface area (Å²) in [6.45, 7) is 4.08. The molecule has 3 rings (SSSR count). The van der Waals surface area contributed by atoms with Crippen LogP contribution in [-0.4, -0.2) is 34.7 Å². The van der Waals surface area contributed by atoms with Gasteiger partial charge in [-0.25, -0.2) is 4.79 Å². The lowest BCUT2D eigenvalue weighted by Gasteiger charge is -2.43. The van der Waals surface area contributed by atoms with Crippen LogP contribution in [0.1, 0.15) is 56.6 Å². The van der Waals surface area contributed by atoms with Crippen LogP contribution < -0.4 is 0 Å². The molecule has 0 aromatic heterocycles. The van der Waals surface area contributed by atoms with Gasteiger partial charge < -0.3 is 9.94 Å². The number of nitrogens with zero attached hydrogens (tertiary/aromatic N) is 2. The third-order valence-corrected chi connectivity index (χ3v) is 4.93. The SMILES string of the molecule is CCOC(=O)C(=NO)C1=NC2(C)CCCCC2c2ccccc21. The van der Waals surface area contributed by atoms with Gasteiger partial charge in [-0.3, -0.25) is 4.99 Å². The standard InChI is InChI=1S/C18H22N2O3/c1-3-23-17(21)16(20-22)15-13-9-5-4-8-12(13)14-10-6-7-11-18(14,2)19-15/h4-5,8-9,14,22H,3,6-7,10-11H2,1-2H3. The van der Waals surface area contributed by atoms with Crippen molar-refractivity contribution >= 4 is 17.4 Å². The van der Waals surface area contributed by atoms with Crippen molar-refractivity contribution in [2.75, 3.05) is 6.61 Å². The van der Waals surface area contributed by atoms with Gasteiger partial charge in [0.05, 0.1) is 12.1 Å². The first-order valence-electron chi connectivity index (χ1n) is 8.19. The first-order valence-corrected chi connectivity index (χ1v) is 8.19. The second-order valence-electron chi connectivity index (χ2n) is 6.37. The smallest absolute Gasteiger partial charge is 0.362 e. The zero-order valence-electron chi connectivity index (χ0n) is 13.6. The molecule has 2 unspecified atom stereocenters. The highest BCUT2D eigenvalue weighted by Crippen LogP contribution is 2.47. The normalized spacial score (nSPS) is 26.8. The Hall–Kier alpha value is -2.17. The first-order chi connectivity index (χ1) is 11.1. The molecule has 1 saturated carbocycles. The van der Waals surface area contributed by atoms with Gasteiger partial charge in [-0.1, -0.05) is 42.3 Å². The molecule has 0 saturated heterocycles. The summed E-state index contributed by atoms with van der Waals surface area (Å²) in [4.78, 5) is 17.0. The predicted octanol–water partition coefficient (Wildman–Crippen LogP) is 3.30. The summed E-state index contributed by atoms with van der Waals surface area (Å²) in [5.41, 5.74) is 2.14. The van der Waals surface area contributed by atoms with E-state index in [4.69, 9.17) is 9.73 Å². The van der Waals surface area contributed by atoms with Crippen molar-refractivity contribution in [1.82, 2.24) is 0 Å². The Labute approximate surface area is 136 Å². The van der Waals surface area contributed by atoms with Crippen LogP contribution >= 0.6 is 0 Å². The van der Waals surface area contributed by atoms with Crippen molar-refractivity contribution < 1.29 is 14.7 Å². The van der Waals surface area contributed by atoms with Crippen LogP contribution in [-0.2, 0) is 9.53 Å². The number of rotatable bonds is 3. The molecule has 5 heteroatoms. The van der Waals surface area contributed by atoms with Gasteiger partial charge in [-0.05, 0) is 32.3 Å². The van der Waals surface area contributed by atoms with Crippen LogP contribution in [0.5, 0.6) is 0 Å². The molecule has 0 spiro atoms. The van der Waals surface area contributed by atoms with E-state index in [1.165, 1.54) is 12.0 Å². The molecule has 1 heterocycles. The molecule has 1 aromatic carbocycles. The van der Waals surface area contributed by atoms with E-state index in [9.17, 15) is 10.0 Å². The van der Waals surface area contributed by atoms with Gasteiger partial charge >= 0.3 is 5.97 Å². The van der Waals surface area contributed by atoms with E-state index in [0.717, 1.165) is 24.8 Å². The minimum atomic E-state index is -0.638. The summed E-state index contributed by atoms with van der Waals surface area (Å²) in [6.07, 6.45) is 4.38. The minimum absolute atomic E-state index is 0.107. The number of carbonyl (C=O) groups excluding carboxylic acids is 1. The lowest BCUT2D eigenvalue weighted by Crippen LogP contribution is -2.42. The molecule has 1 aliphatic heterocycles. The number of esters is 1. The summed E-state index contributed by atoms with van der Waals surface area (Å²) < 4.78 is 5.02. The Balaban J connectivity index is 2.13. The highest BCUT2D eigenvalue weighted by atomic mass is 16.5. The van der Waals surface area contributed by atoms with Gasteiger partial charge in [-0.15, -0.1) is 0 Å². The maximum Gasteiger partial charge on any atom is 0.362 e. The average Bonchev–Trinajstić information content (AvgIpc) is 2.55. The number of hydrogen-bond donors (Lipinski definition) is 1. The molecule has 1 aliphatic carbocycles. The number of ether oxygens (including phenoxy) is 1. The van der Waals surface area contributed by atoms with Gasteiger partial charge in [-0.2, -0.15) is 0 Å². The number of carbonyl (C=O) groups is 1. The maximum atomic E-state index is 12.2. The number of fused-ring (bicyclic) bond motifs is 3. The zero-order valence-corrected chi connectivity index (χ0v) is 13.6. The average molecular weight is 314 g/mol. The lowest BCUT2D eigenvalue weighted by atomic mass is 9.67. The van der Waals surface area contributed by atoms with Crippen molar-refractivity contribution in [1.29, 1.82) is 0 Å². The van der Waals surface area contributed by atoms with Crippen molar-refractivity contribution in [3.63, 3.8) is 0 Å². The molecule has 23 heavy (non-hydrogen) atoms. The second kappa shape index (κ2) is 6.14. The summed E-state index contributed by atoms with van der Waals surface area (Å²) in [5, 5.41) is 12.6. The molecule has 1 aromatic rings. The quantitative estimate of drug-likeness (QED) is 0.403. The van der Waals surface area contributed by atoms with Crippen LogP contribution in [0.15, 0.2) is 34.4 Å². The number of hydrogen-bond acceptors (Lipinski definition) is 5. The molecule has 1 N–H and O–H groups in total. The van der Waals surface area contributed by atoms with E-state index in [1.54, 1.807) is 6.92 Å². The molecule has 5 nitrogen and oxygen atoms in total. The lowest BCUT2D eigenvalue weighted by molar-refractivity contribution is -0.134. The minimum Gasteiger partial charge on any atom is -0.461 e. The monoisotopic (exact) mass is 314 g/mol. The highest BCUT2D eigenvalue weighted by molar-refractivity contribution is 6.69. The van der Waals surface area contributed by atoms with E-state index in [-0.39, 0.29) is 17.9 Å². The Bertz CT molecular complexity index is 681.